The highest BCUT2D eigenvalue weighted by Crippen LogP contribution is 2.33. The highest BCUT2D eigenvalue weighted by Gasteiger charge is 2.27. The van der Waals surface area contributed by atoms with Gasteiger partial charge in [-0.15, -0.1) is 11.3 Å². The van der Waals surface area contributed by atoms with Crippen LogP contribution < -0.4 is 10.9 Å². The lowest BCUT2D eigenvalue weighted by Crippen LogP contribution is -2.35. The first-order chi connectivity index (χ1) is 16.0. The number of aromatic nitrogens is 2. The number of nitrogens with zero attached hydrogens (tertiary/aromatic N) is 3. The summed E-state index contributed by atoms with van der Waals surface area (Å²) in [5, 5.41) is 3.60. The predicted octanol–water partition coefficient (Wildman–Crippen LogP) is 4.07. The summed E-state index contributed by atoms with van der Waals surface area (Å²) >= 11 is 2.62. The monoisotopic (exact) mass is 476 g/mol. The van der Waals surface area contributed by atoms with Crippen LogP contribution >= 0.6 is 23.1 Å². The molecule has 7 nitrogen and oxygen atoms in total. The average molecular weight is 477 g/mol. The minimum Gasteiger partial charge on any atom is -0.336 e. The zero-order chi connectivity index (χ0) is 22.9. The van der Waals surface area contributed by atoms with Crippen LogP contribution in [0.5, 0.6) is 0 Å². The SMILES string of the molecule is Cc1ccccc1-n1c(SCC(=O)N2CCNC2=O)nc2sc(-c3ccccc3)cc2c1=O. The molecule has 1 aliphatic heterocycles. The quantitative estimate of drug-likeness (QED) is 0.347. The molecule has 3 amide bonds. The van der Waals surface area contributed by atoms with Gasteiger partial charge in [-0.1, -0.05) is 60.3 Å². The molecule has 0 radical (unpaired) electrons. The van der Waals surface area contributed by atoms with E-state index in [1.54, 1.807) is 4.57 Å². The Labute approximate surface area is 198 Å². The molecule has 2 aromatic heterocycles. The average Bonchev–Trinajstić information content (AvgIpc) is 3.45. The summed E-state index contributed by atoms with van der Waals surface area (Å²) in [7, 11) is 0. The molecule has 0 unspecified atom stereocenters. The molecule has 2 aromatic carbocycles. The summed E-state index contributed by atoms with van der Waals surface area (Å²) in [6.45, 7) is 2.73. The summed E-state index contributed by atoms with van der Waals surface area (Å²) in [5.41, 5.74) is 2.48. The second-order valence-corrected chi connectivity index (χ2v) is 9.56. The molecule has 33 heavy (non-hydrogen) atoms. The van der Waals surface area contributed by atoms with E-state index in [9.17, 15) is 14.4 Å². The first-order valence-electron chi connectivity index (χ1n) is 10.4. The number of hydrogen-bond acceptors (Lipinski definition) is 6. The third-order valence-electron chi connectivity index (χ3n) is 5.43. The summed E-state index contributed by atoms with van der Waals surface area (Å²) in [6, 6.07) is 19.0. The number of para-hydroxylation sites is 1. The molecule has 1 N–H and O–H groups in total. The number of amides is 3. The van der Waals surface area contributed by atoms with Gasteiger partial charge in [-0.25, -0.2) is 9.78 Å². The lowest BCUT2D eigenvalue weighted by Gasteiger charge is -2.15. The van der Waals surface area contributed by atoms with Crippen molar-refractivity contribution >= 4 is 45.3 Å². The van der Waals surface area contributed by atoms with E-state index in [4.69, 9.17) is 4.98 Å². The smallest absolute Gasteiger partial charge is 0.324 e. The minimum atomic E-state index is -0.383. The number of aryl methyl sites for hydroxylation is 1. The molecular weight excluding hydrogens is 456 g/mol. The number of thiophene rings is 1. The van der Waals surface area contributed by atoms with Crippen LogP contribution in [0.3, 0.4) is 0 Å². The molecule has 0 bridgehead atoms. The van der Waals surface area contributed by atoms with Crippen molar-refractivity contribution in [2.24, 2.45) is 0 Å². The number of nitrogens with one attached hydrogen (secondary N) is 1. The van der Waals surface area contributed by atoms with Crippen LogP contribution in [0.1, 0.15) is 5.56 Å². The van der Waals surface area contributed by atoms with Gasteiger partial charge in [0.05, 0.1) is 16.8 Å². The number of thioether (sulfide) groups is 1. The number of carbonyl (C=O) groups is 2. The lowest BCUT2D eigenvalue weighted by atomic mass is 10.2. The van der Waals surface area contributed by atoms with E-state index in [0.29, 0.717) is 28.5 Å². The zero-order valence-corrected chi connectivity index (χ0v) is 19.4. The molecule has 0 atom stereocenters. The topological polar surface area (TPSA) is 84.3 Å². The number of fused-ring (bicyclic) bond motifs is 1. The number of carbonyl (C=O) groups excluding carboxylic acids is 2. The Morgan fingerprint density at radius 1 is 1.12 bits per heavy atom. The summed E-state index contributed by atoms with van der Waals surface area (Å²) in [4.78, 5) is 45.7. The molecule has 9 heteroatoms. The van der Waals surface area contributed by atoms with Gasteiger partial charge in [0.15, 0.2) is 5.16 Å². The van der Waals surface area contributed by atoms with E-state index < -0.39 is 0 Å². The van der Waals surface area contributed by atoms with E-state index in [1.807, 2.05) is 67.6 Å². The van der Waals surface area contributed by atoms with E-state index in [-0.39, 0.29) is 23.3 Å². The van der Waals surface area contributed by atoms with Crippen LogP contribution in [0, 0.1) is 6.92 Å². The summed E-state index contributed by atoms with van der Waals surface area (Å²) in [6.07, 6.45) is 0. The zero-order valence-electron chi connectivity index (χ0n) is 17.8. The van der Waals surface area contributed by atoms with Gasteiger partial charge in [0, 0.05) is 18.0 Å². The standard InChI is InChI=1S/C24H20N4O3S2/c1-15-7-5-6-10-18(15)28-22(30)17-13-19(16-8-3-2-4-9-16)33-21(17)26-24(28)32-14-20(29)27-12-11-25-23(27)31/h2-10,13H,11-12,14H2,1H3,(H,25,31). The number of rotatable bonds is 5. The molecule has 0 aliphatic carbocycles. The molecule has 1 saturated heterocycles. The maximum Gasteiger partial charge on any atom is 0.324 e. The van der Waals surface area contributed by atoms with E-state index in [0.717, 1.165) is 21.7 Å². The number of imide groups is 1. The molecule has 5 rings (SSSR count). The Morgan fingerprint density at radius 3 is 2.61 bits per heavy atom. The van der Waals surface area contributed by atoms with Crippen molar-refractivity contribution in [2.45, 2.75) is 12.1 Å². The molecule has 4 aromatic rings. The summed E-state index contributed by atoms with van der Waals surface area (Å²) in [5.74, 6) is -0.300. The lowest BCUT2D eigenvalue weighted by molar-refractivity contribution is -0.124. The van der Waals surface area contributed by atoms with Gasteiger partial charge >= 0.3 is 6.03 Å². The fourth-order valence-corrected chi connectivity index (χ4v) is 5.70. The van der Waals surface area contributed by atoms with E-state index in [2.05, 4.69) is 5.32 Å². The fourth-order valence-electron chi connectivity index (χ4n) is 3.74. The van der Waals surface area contributed by atoms with Crippen molar-refractivity contribution in [3.05, 3.63) is 76.6 Å². The maximum absolute atomic E-state index is 13.7. The van der Waals surface area contributed by atoms with Crippen LogP contribution in [0.25, 0.3) is 26.3 Å². The molecule has 0 spiro atoms. The Hall–Kier alpha value is -3.43. The Bertz CT molecular complexity index is 1430. The van der Waals surface area contributed by atoms with Gasteiger partial charge in [-0.05, 0) is 30.2 Å². The van der Waals surface area contributed by atoms with Gasteiger partial charge in [0.2, 0.25) is 5.91 Å². The van der Waals surface area contributed by atoms with Crippen molar-refractivity contribution in [3.63, 3.8) is 0 Å². The Balaban J connectivity index is 1.60. The number of benzene rings is 2. The highest BCUT2D eigenvalue weighted by atomic mass is 32.2. The van der Waals surface area contributed by atoms with Gasteiger partial charge < -0.3 is 5.32 Å². The van der Waals surface area contributed by atoms with E-state index >= 15 is 0 Å². The summed E-state index contributed by atoms with van der Waals surface area (Å²) < 4.78 is 1.57. The predicted molar refractivity (Wildman–Crippen MR) is 131 cm³/mol. The van der Waals surface area contributed by atoms with Crippen molar-refractivity contribution in [2.75, 3.05) is 18.8 Å². The third-order valence-corrected chi connectivity index (χ3v) is 7.43. The van der Waals surface area contributed by atoms with Crippen LogP contribution in [0.2, 0.25) is 0 Å². The molecular formula is C24H20N4O3S2. The van der Waals surface area contributed by atoms with Crippen LogP contribution in [-0.4, -0.2) is 45.2 Å². The maximum atomic E-state index is 13.7. The second kappa shape index (κ2) is 8.84. The highest BCUT2D eigenvalue weighted by molar-refractivity contribution is 7.99. The number of urea groups is 1. The van der Waals surface area contributed by atoms with Crippen LogP contribution in [0.15, 0.2) is 70.6 Å². The van der Waals surface area contributed by atoms with Crippen molar-refractivity contribution in [3.8, 4) is 16.1 Å². The largest absolute Gasteiger partial charge is 0.336 e. The van der Waals surface area contributed by atoms with Gasteiger partial charge in [0.25, 0.3) is 5.56 Å². The molecule has 0 saturated carbocycles. The van der Waals surface area contributed by atoms with Crippen molar-refractivity contribution < 1.29 is 9.59 Å². The number of hydrogen-bond donors (Lipinski definition) is 1. The first-order valence-corrected chi connectivity index (χ1v) is 12.2. The molecule has 3 heterocycles. The Morgan fingerprint density at radius 2 is 1.88 bits per heavy atom. The Kier molecular flexibility index (Phi) is 5.74. The van der Waals surface area contributed by atoms with Crippen LogP contribution in [0.4, 0.5) is 4.79 Å². The van der Waals surface area contributed by atoms with Gasteiger partial charge in [-0.3, -0.25) is 19.1 Å². The minimum absolute atomic E-state index is 0.00810. The fraction of sp³-hybridized carbons (Fsp3) is 0.167. The van der Waals surface area contributed by atoms with Crippen LogP contribution in [-0.2, 0) is 4.79 Å². The van der Waals surface area contributed by atoms with Gasteiger partial charge in [-0.2, -0.15) is 0 Å². The molecule has 166 valence electrons. The first kappa shape index (κ1) is 21.4. The van der Waals surface area contributed by atoms with E-state index in [1.165, 1.54) is 28.0 Å². The third kappa shape index (κ3) is 4.05. The van der Waals surface area contributed by atoms with Crippen molar-refractivity contribution in [1.29, 1.82) is 0 Å². The van der Waals surface area contributed by atoms with Crippen molar-refractivity contribution in [1.82, 2.24) is 19.8 Å². The molecule has 1 aliphatic rings. The van der Waals surface area contributed by atoms with Gasteiger partial charge in [0.1, 0.15) is 4.83 Å². The molecule has 1 fully saturated rings. The normalized spacial score (nSPS) is 13.5. The second-order valence-electron chi connectivity index (χ2n) is 7.58.